The Labute approximate surface area is 185 Å². The van der Waals surface area contributed by atoms with Gasteiger partial charge in [-0.15, -0.1) is 0 Å². The van der Waals surface area contributed by atoms with Crippen LogP contribution in [-0.2, 0) is 13.4 Å². The average Bonchev–Trinajstić information content (AvgIpc) is 2.82. The van der Waals surface area contributed by atoms with Crippen molar-refractivity contribution in [1.29, 1.82) is 0 Å². The summed E-state index contributed by atoms with van der Waals surface area (Å²) in [6.45, 7) is 4.56. The summed E-state index contributed by atoms with van der Waals surface area (Å²) in [5.41, 5.74) is 0. The van der Waals surface area contributed by atoms with Gasteiger partial charge in [0.05, 0.1) is 6.61 Å². The maximum Gasteiger partial charge on any atom is 0.308 e. The van der Waals surface area contributed by atoms with E-state index in [0.29, 0.717) is 12.6 Å². The molecule has 2 atom stereocenters. The number of phosphoric ester groups is 1. The third-order valence-corrected chi connectivity index (χ3v) is 10.4. The van der Waals surface area contributed by atoms with Crippen molar-refractivity contribution in [2.24, 2.45) is 0 Å². The molecule has 164 valence electrons. The van der Waals surface area contributed by atoms with E-state index < -0.39 is 15.3 Å². The summed E-state index contributed by atoms with van der Waals surface area (Å²) in [6, 6.07) is 28.9. The van der Waals surface area contributed by atoms with Crippen molar-refractivity contribution < 1.29 is 18.3 Å². The van der Waals surface area contributed by atoms with Gasteiger partial charge in [0.15, 0.2) is 0 Å². The van der Waals surface area contributed by atoms with Crippen molar-refractivity contribution in [3.05, 3.63) is 91.0 Å². The Hall–Kier alpha value is -1.84. The molecular weight excluding hydrogens is 428 g/mol. The van der Waals surface area contributed by atoms with Crippen LogP contribution in [0.1, 0.15) is 20.3 Å². The number of rotatable bonds is 11. The molecule has 0 aliphatic carbocycles. The van der Waals surface area contributed by atoms with Gasteiger partial charge in [0, 0.05) is 12.6 Å². The standard InChI is InChI=1S/C24H29NO4P2/c1-3-21(2)25-19-20-28-31(26,27)29-30(22-13-7-4-8-14-22,23-15-9-5-10-16-23)24-17-11-6-12-18-24/h4-18,21,25H,3,19-20H2,1-2H3. The van der Waals surface area contributed by atoms with Crippen molar-refractivity contribution in [2.75, 3.05) is 13.2 Å². The molecule has 0 bridgehead atoms. The fourth-order valence-corrected chi connectivity index (χ4v) is 8.79. The van der Waals surface area contributed by atoms with Crippen LogP contribution in [0.5, 0.6) is 0 Å². The second-order valence-electron chi connectivity index (χ2n) is 7.24. The molecule has 0 fully saturated rings. The highest BCUT2D eigenvalue weighted by Gasteiger charge is 2.51. The van der Waals surface area contributed by atoms with Crippen LogP contribution in [0, 0.1) is 0 Å². The second kappa shape index (κ2) is 11.2. The molecule has 1 N–H and O–H groups in total. The van der Waals surface area contributed by atoms with E-state index in [1.54, 1.807) is 0 Å². The molecule has 5 nitrogen and oxygen atoms in total. The highest BCUT2D eigenvalue weighted by Crippen LogP contribution is 2.66. The van der Waals surface area contributed by atoms with Gasteiger partial charge in [-0.1, -0.05) is 61.5 Å². The van der Waals surface area contributed by atoms with Gasteiger partial charge in [-0.25, -0.2) is 0 Å². The fraction of sp³-hybridized carbons (Fsp3) is 0.250. The lowest BCUT2D eigenvalue weighted by Crippen LogP contribution is -2.34. The molecule has 3 aromatic carbocycles. The van der Waals surface area contributed by atoms with Crippen LogP contribution in [0.15, 0.2) is 91.0 Å². The minimum absolute atomic E-state index is 0.0173. The van der Waals surface area contributed by atoms with Gasteiger partial charge in [-0.3, -0.25) is 4.57 Å². The molecule has 0 spiro atoms. The van der Waals surface area contributed by atoms with Crippen LogP contribution < -0.4 is 26.1 Å². The van der Waals surface area contributed by atoms with Crippen molar-refractivity contribution in [1.82, 2.24) is 5.32 Å². The van der Waals surface area contributed by atoms with Crippen molar-refractivity contribution in [3.8, 4) is 0 Å². The maximum absolute atomic E-state index is 13.1. The SMILES string of the molecule is CCC(C)NCCOP(=O)([O-])O[P+](c1ccccc1)(c1ccccc1)c1ccccc1. The van der Waals surface area contributed by atoms with Crippen LogP contribution in [0.3, 0.4) is 0 Å². The number of benzene rings is 3. The number of hydrogen-bond donors (Lipinski definition) is 1. The Kier molecular flexibility index (Phi) is 8.57. The second-order valence-corrected chi connectivity index (χ2v) is 11.8. The van der Waals surface area contributed by atoms with Gasteiger partial charge >= 0.3 is 7.82 Å². The van der Waals surface area contributed by atoms with Crippen LogP contribution >= 0.6 is 15.3 Å². The maximum atomic E-state index is 13.1. The quantitative estimate of drug-likeness (QED) is 0.351. The molecule has 0 aliphatic heterocycles. The summed E-state index contributed by atoms with van der Waals surface area (Å²) in [7, 11) is -7.59. The molecule has 3 aromatic rings. The van der Waals surface area contributed by atoms with Crippen LogP contribution in [-0.4, -0.2) is 19.2 Å². The summed E-state index contributed by atoms with van der Waals surface area (Å²) in [4.78, 5) is 13.1. The number of hydrogen-bond acceptors (Lipinski definition) is 5. The molecule has 7 heteroatoms. The minimum Gasteiger partial charge on any atom is -0.754 e. The van der Waals surface area contributed by atoms with E-state index in [4.69, 9.17) is 8.83 Å². The monoisotopic (exact) mass is 457 g/mol. The summed E-state index contributed by atoms with van der Waals surface area (Å²) in [6.07, 6.45) is 0.955. The highest BCUT2D eigenvalue weighted by atomic mass is 31.3. The zero-order chi connectivity index (χ0) is 22.2. The molecule has 0 aliphatic rings. The van der Waals surface area contributed by atoms with E-state index in [0.717, 1.165) is 22.3 Å². The molecular formula is C24H29NO4P2. The highest BCUT2D eigenvalue weighted by molar-refractivity contribution is 7.94. The normalized spacial score (nSPS) is 14.7. The lowest BCUT2D eigenvalue weighted by Gasteiger charge is -2.31. The molecule has 0 saturated heterocycles. The van der Waals surface area contributed by atoms with Crippen molar-refractivity contribution in [3.63, 3.8) is 0 Å². The third kappa shape index (κ3) is 6.11. The number of nitrogens with one attached hydrogen (secondary N) is 1. The Morgan fingerprint density at radius 1 is 0.871 bits per heavy atom. The van der Waals surface area contributed by atoms with Gasteiger partial charge in [0.25, 0.3) is 7.49 Å². The summed E-state index contributed by atoms with van der Waals surface area (Å²) in [5, 5.41) is 5.66. The topological polar surface area (TPSA) is 70.6 Å². The lowest BCUT2D eigenvalue weighted by molar-refractivity contribution is -0.216. The molecule has 0 aromatic heterocycles. The van der Waals surface area contributed by atoms with Crippen LogP contribution in [0.4, 0.5) is 0 Å². The Bertz CT molecular complexity index is 874. The van der Waals surface area contributed by atoms with E-state index in [2.05, 4.69) is 12.2 Å². The molecule has 0 heterocycles. The zero-order valence-corrected chi connectivity index (χ0v) is 19.7. The van der Waals surface area contributed by atoms with Gasteiger partial charge in [-0.2, -0.15) is 4.31 Å². The van der Waals surface area contributed by atoms with Gasteiger partial charge in [-0.05, 0) is 49.7 Å². The minimum atomic E-state index is -4.62. The third-order valence-electron chi connectivity index (χ3n) is 5.04. The fourth-order valence-electron chi connectivity index (χ4n) is 3.28. The lowest BCUT2D eigenvalue weighted by atomic mass is 10.3. The van der Waals surface area contributed by atoms with E-state index in [-0.39, 0.29) is 6.61 Å². The zero-order valence-electron chi connectivity index (χ0n) is 17.9. The molecule has 3 rings (SSSR count). The Morgan fingerprint density at radius 3 is 1.68 bits per heavy atom. The smallest absolute Gasteiger partial charge is 0.308 e. The van der Waals surface area contributed by atoms with Crippen LogP contribution in [0.2, 0.25) is 0 Å². The van der Waals surface area contributed by atoms with Gasteiger partial charge in [0.2, 0.25) is 0 Å². The van der Waals surface area contributed by atoms with Crippen LogP contribution in [0.25, 0.3) is 0 Å². The summed E-state index contributed by atoms with van der Waals surface area (Å²) in [5.74, 6) is 0. The Morgan fingerprint density at radius 2 is 1.29 bits per heavy atom. The molecule has 31 heavy (non-hydrogen) atoms. The summed E-state index contributed by atoms with van der Waals surface area (Å²) < 4.78 is 24.4. The first kappa shape index (κ1) is 23.8. The van der Waals surface area contributed by atoms with E-state index in [1.807, 2.05) is 97.9 Å². The van der Waals surface area contributed by atoms with Crippen molar-refractivity contribution in [2.45, 2.75) is 26.3 Å². The predicted molar refractivity (Wildman–Crippen MR) is 128 cm³/mol. The largest absolute Gasteiger partial charge is 0.754 e. The van der Waals surface area contributed by atoms with E-state index in [9.17, 15) is 9.46 Å². The molecule has 0 radical (unpaired) electrons. The summed E-state index contributed by atoms with van der Waals surface area (Å²) >= 11 is 0. The molecule has 0 saturated carbocycles. The van der Waals surface area contributed by atoms with Gasteiger partial charge < -0.3 is 14.7 Å². The predicted octanol–water partition coefficient (Wildman–Crippen LogP) is 3.79. The molecule has 0 amide bonds. The first-order chi connectivity index (χ1) is 15.0. The van der Waals surface area contributed by atoms with E-state index >= 15 is 0 Å². The van der Waals surface area contributed by atoms with Gasteiger partial charge in [0.1, 0.15) is 15.9 Å². The average molecular weight is 457 g/mol. The molecule has 2 unspecified atom stereocenters. The first-order valence-corrected chi connectivity index (χ1v) is 13.6. The van der Waals surface area contributed by atoms with Crippen molar-refractivity contribution >= 4 is 31.2 Å². The van der Waals surface area contributed by atoms with E-state index in [1.165, 1.54) is 0 Å². The first-order valence-electron chi connectivity index (χ1n) is 10.4. The number of phosphoric acid groups is 1. The Balaban J connectivity index is 2.01.